The number of nitrogens with zero attached hydrogens (tertiary/aromatic N) is 2. The fourth-order valence-corrected chi connectivity index (χ4v) is 3.08. The van der Waals surface area contributed by atoms with Crippen molar-refractivity contribution in [2.45, 2.75) is 33.8 Å². The van der Waals surface area contributed by atoms with Gasteiger partial charge in [-0.05, 0) is 49.7 Å². The zero-order valence-corrected chi connectivity index (χ0v) is 16.5. The summed E-state index contributed by atoms with van der Waals surface area (Å²) in [6.45, 7) is 5.94. The number of anilines is 1. The number of carbonyl (C=O) groups excluding carboxylic acids is 1. The molecule has 0 atom stereocenters. The fourth-order valence-electron chi connectivity index (χ4n) is 3.08. The van der Waals surface area contributed by atoms with Crippen molar-refractivity contribution in [1.82, 2.24) is 10.1 Å². The third-order valence-corrected chi connectivity index (χ3v) is 4.63. The zero-order valence-electron chi connectivity index (χ0n) is 16.5. The van der Waals surface area contributed by atoms with E-state index in [9.17, 15) is 4.79 Å². The molecule has 0 saturated heterocycles. The van der Waals surface area contributed by atoms with Crippen LogP contribution >= 0.6 is 0 Å². The molecule has 0 spiro atoms. The lowest BCUT2D eigenvalue weighted by Gasteiger charge is -2.08. The highest BCUT2D eigenvalue weighted by molar-refractivity contribution is 5.94. The zero-order chi connectivity index (χ0) is 20.4. The van der Waals surface area contributed by atoms with Crippen molar-refractivity contribution in [3.63, 3.8) is 0 Å². The minimum absolute atomic E-state index is 0.103. The molecule has 0 unspecified atom stereocenters. The van der Waals surface area contributed by atoms with E-state index in [4.69, 9.17) is 13.7 Å². The van der Waals surface area contributed by atoms with E-state index < -0.39 is 0 Å². The van der Waals surface area contributed by atoms with Crippen molar-refractivity contribution in [3.05, 3.63) is 70.9 Å². The number of benzene rings is 2. The van der Waals surface area contributed by atoms with Crippen molar-refractivity contribution >= 4 is 22.7 Å². The van der Waals surface area contributed by atoms with Crippen LogP contribution in [0.25, 0.3) is 11.1 Å². The summed E-state index contributed by atoms with van der Waals surface area (Å²) in [4.78, 5) is 16.6. The Balaban J connectivity index is 1.34. The summed E-state index contributed by atoms with van der Waals surface area (Å²) in [5, 5.41) is 6.81. The first-order chi connectivity index (χ1) is 14.0. The Bertz CT molecular complexity index is 1140. The van der Waals surface area contributed by atoms with Crippen molar-refractivity contribution in [3.8, 4) is 5.75 Å². The van der Waals surface area contributed by atoms with Gasteiger partial charge in [-0.1, -0.05) is 17.3 Å². The molecular formula is C22H21N3O4. The normalized spacial score (nSPS) is 11.0. The SMILES string of the molecule is Cc1nc2cc(NC(=O)Cc3ccc(OCc4c(C)noc4C)cc3)ccc2o1. The molecule has 2 aromatic heterocycles. The molecule has 1 amide bonds. The van der Waals surface area contributed by atoms with E-state index in [0.29, 0.717) is 23.8 Å². The molecule has 29 heavy (non-hydrogen) atoms. The van der Waals surface area contributed by atoms with E-state index in [1.54, 1.807) is 25.1 Å². The molecule has 0 aliphatic carbocycles. The molecule has 4 aromatic rings. The number of aryl methyl sites for hydroxylation is 3. The summed E-state index contributed by atoms with van der Waals surface area (Å²) in [5.41, 5.74) is 4.79. The summed E-state index contributed by atoms with van der Waals surface area (Å²) in [6.07, 6.45) is 0.264. The van der Waals surface area contributed by atoms with Crippen LogP contribution in [-0.4, -0.2) is 16.0 Å². The lowest BCUT2D eigenvalue weighted by atomic mass is 10.1. The second kappa shape index (κ2) is 7.79. The molecule has 0 aliphatic rings. The van der Waals surface area contributed by atoms with Gasteiger partial charge in [0, 0.05) is 12.6 Å². The predicted molar refractivity (Wildman–Crippen MR) is 108 cm³/mol. The average molecular weight is 391 g/mol. The van der Waals surface area contributed by atoms with Crippen LogP contribution in [0.1, 0.15) is 28.5 Å². The highest BCUT2D eigenvalue weighted by Gasteiger charge is 2.10. The first kappa shape index (κ1) is 18.7. The Kier molecular flexibility index (Phi) is 5.03. The lowest BCUT2D eigenvalue weighted by Crippen LogP contribution is -2.14. The standard InChI is InChI=1S/C22H21N3O4/c1-13-19(14(2)29-25-13)12-27-18-7-4-16(5-8-18)10-22(26)24-17-6-9-21-20(11-17)23-15(3)28-21/h4-9,11H,10,12H2,1-3H3,(H,24,26). The van der Waals surface area contributed by atoms with Crippen molar-refractivity contribution < 1.29 is 18.5 Å². The third-order valence-electron chi connectivity index (χ3n) is 4.63. The van der Waals surface area contributed by atoms with Crippen molar-refractivity contribution in [2.75, 3.05) is 5.32 Å². The molecule has 1 N–H and O–H groups in total. The van der Waals surface area contributed by atoms with Crippen LogP contribution in [0.3, 0.4) is 0 Å². The first-order valence-corrected chi connectivity index (χ1v) is 9.28. The largest absolute Gasteiger partial charge is 0.489 e. The molecular weight excluding hydrogens is 370 g/mol. The highest BCUT2D eigenvalue weighted by Crippen LogP contribution is 2.21. The number of aromatic nitrogens is 2. The van der Waals surface area contributed by atoms with Crippen LogP contribution in [0.5, 0.6) is 5.75 Å². The molecule has 2 heterocycles. The van der Waals surface area contributed by atoms with E-state index in [0.717, 1.165) is 33.8 Å². The monoisotopic (exact) mass is 391 g/mol. The van der Waals surface area contributed by atoms with Gasteiger partial charge >= 0.3 is 0 Å². The van der Waals surface area contributed by atoms with Gasteiger partial charge in [0.2, 0.25) is 5.91 Å². The van der Waals surface area contributed by atoms with Crippen LogP contribution in [0, 0.1) is 20.8 Å². The van der Waals surface area contributed by atoms with Gasteiger partial charge < -0.3 is 19.0 Å². The van der Waals surface area contributed by atoms with E-state index >= 15 is 0 Å². The number of carbonyl (C=O) groups is 1. The van der Waals surface area contributed by atoms with Crippen LogP contribution in [0.2, 0.25) is 0 Å². The van der Waals surface area contributed by atoms with Crippen molar-refractivity contribution in [2.24, 2.45) is 0 Å². The number of hydrogen-bond acceptors (Lipinski definition) is 6. The second-order valence-electron chi connectivity index (χ2n) is 6.88. The van der Waals surface area contributed by atoms with Gasteiger partial charge in [0.1, 0.15) is 23.6 Å². The van der Waals surface area contributed by atoms with Gasteiger partial charge in [0.05, 0.1) is 17.7 Å². The summed E-state index contributed by atoms with van der Waals surface area (Å²) in [5.74, 6) is 1.98. The van der Waals surface area contributed by atoms with Gasteiger partial charge in [-0.2, -0.15) is 0 Å². The number of nitrogens with one attached hydrogen (secondary N) is 1. The maximum Gasteiger partial charge on any atom is 0.228 e. The Morgan fingerprint density at radius 1 is 1.10 bits per heavy atom. The van der Waals surface area contributed by atoms with Gasteiger partial charge in [-0.15, -0.1) is 0 Å². The Hall–Kier alpha value is -3.61. The summed E-state index contributed by atoms with van der Waals surface area (Å²) in [6, 6.07) is 12.9. The van der Waals surface area contributed by atoms with Gasteiger partial charge in [0.25, 0.3) is 0 Å². The molecule has 7 heteroatoms. The number of rotatable bonds is 6. The second-order valence-corrected chi connectivity index (χ2v) is 6.88. The third kappa shape index (κ3) is 4.29. The van der Waals surface area contributed by atoms with E-state index in [1.165, 1.54) is 0 Å². The maximum absolute atomic E-state index is 12.4. The van der Waals surface area contributed by atoms with Gasteiger partial charge in [-0.3, -0.25) is 4.79 Å². The number of hydrogen-bond donors (Lipinski definition) is 1. The predicted octanol–water partition coefficient (Wildman–Crippen LogP) is 4.50. The van der Waals surface area contributed by atoms with Crippen LogP contribution in [0.15, 0.2) is 51.4 Å². The maximum atomic E-state index is 12.4. The lowest BCUT2D eigenvalue weighted by molar-refractivity contribution is -0.115. The Morgan fingerprint density at radius 2 is 1.90 bits per heavy atom. The molecule has 7 nitrogen and oxygen atoms in total. The minimum atomic E-state index is -0.103. The summed E-state index contributed by atoms with van der Waals surface area (Å²) in [7, 11) is 0. The van der Waals surface area contributed by atoms with E-state index in [2.05, 4.69) is 15.5 Å². The molecule has 0 radical (unpaired) electrons. The number of oxazole rings is 1. The average Bonchev–Trinajstić information content (AvgIpc) is 3.21. The molecule has 0 saturated carbocycles. The van der Waals surface area contributed by atoms with Gasteiger partial charge in [-0.25, -0.2) is 4.98 Å². The molecule has 0 fully saturated rings. The summed E-state index contributed by atoms with van der Waals surface area (Å²) >= 11 is 0. The Labute approximate surface area is 167 Å². The minimum Gasteiger partial charge on any atom is -0.489 e. The topological polar surface area (TPSA) is 90.4 Å². The highest BCUT2D eigenvalue weighted by atomic mass is 16.5. The molecule has 148 valence electrons. The van der Waals surface area contributed by atoms with Crippen LogP contribution in [0.4, 0.5) is 5.69 Å². The molecule has 2 aromatic carbocycles. The number of ether oxygens (including phenoxy) is 1. The Morgan fingerprint density at radius 3 is 2.62 bits per heavy atom. The smallest absolute Gasteiger partial charge is 0.228 e. The number of fused-ring (bicyclic) bond motifs is 1. The first-order valence-electron chi connectivity index (χ1n) is 9.28. The quantitative estimate of drug-likeness (QED) is 0.520. The van der Waals surface area contributed by atoms with Crippen molar-refractivity contribution in [1.29, 1.82) is 0 Å². The number of amides is 1. The van der Waals surface area contributed by atoms with E-state index in [1.807, 2.05) is 38.1 Å². The van der Waals surface area contributed by atoms with E-state index in [-0.39, 0.29) is 12.3 Å². The molecule has 0 aliphatic heterocycles. The molecule has 4 rings (SSSR count). The van der Waals surface area contributed by atoms with Crippen LogP contribution < -0.4 is 10.1 Å². The van der Waals surface area contributed by atoms with Crippen LogP contribution in [-0.2, 0) is 17.8 Å². The fraction of sp³-hybridized carbons (Fsp3) is 0.227. The molecule has 0 bridgehead atoms. The van der Waals surface area contributed by atoms with Gasteiger partial charge in [0.15, 0.2) is 11.5 Å². The summed E-state index contributed by atoms with van der Waals surface area (Å²) < 4.78 is 16.4.